The molecule has 2 N–H and O–H groups in total. The summed E-state index contributed by atoms with van der Waals surface area (Å²) >= 11 is 1.33. The molecule has 9 heteroatoms. The number of aryl methyl sites for hydroxylation is 1. The first kappa shape index (κ1) is 21.2. The normalized spacial score (nSPS) is 21.8. The van der Waals surface area contributed by atoms with Gasteiger partial charge in [-0.1, -0.05) is 26.1 Å². The molecule has 2 aliphatic heterocycles. The molecule has 1 aromatic rings. The zero-order chi connectivity index (χ0) is 21.9. The molecule has 0 atom stereocenters. The van der Waals surface area contributed by atoms with Gasteiger partial charge in [0.1, 0.15) is 5.84 Å². The highest BCUT2D eigenvalue weighted by molar-refractivity contribution is 7.04. The predicted octanol–water partition coefficient (Wildman–Crippen LogP) is 4.17. The van der Waals surface area contributed by atoms with E-state index in [0.29, 0.717) is 18.9 Å². The minimum atomic E-state index is -1.66. The predicted molar refractivity (Wildman–Crippen MR) is 124 cm³/mol. The molecule has 162 valence electrons. The summed E-state index contributed by atoms with van der Waals surface area (Å²) in [5, 5.41) is 7.80. The summed E-state index contributed by atoms with van der Waals surface area (Å²) in [7, 11) is -1.66. The number of amides is 3. The van der Waals surface area contributed by atoms with Gasteiger partial charge in [0.05, 0.1) is 38.1 Å². The van der Waals surface area contributed by atoms with Crippen LogP contribution in [0.2, 0.25) is 24.7 Å². The van der Waals surface area contributed by atoms with Crippen LogP contribution in [0.5, 0.6) is 0 Å². The Morgan fingerprint density at radius 2 is 1.90 bits per heavy atom. The quantitative estimate of drug-likeness (QED) is 0.685. The van der Waals surface area contributed by atoms with Crippen LogP contribution in [-0.4, -0.2) is 53.7 Å². The van der Waals surface area contributed by atoms with E-state index in [-0.39, 0.29) is 17.0 Å². The van der Waals surface area contributed by atoms with Crippen LogP contribution >= 0.6 is 11.5 Å². The highest BCUT2D eigenvalue weighted by atomic mass is 32.1. The van der Waals surface area contributed by atoms with Gasteiger partial charge >= 0.3 is 6.03 Å². The number of urea groups is 1. The largest absolute Gasteiger partial charge is 0.322 e. The Morgan fingerprint density at radius 1 is 1.20 bits per heavy atom. The van der Waals surface area contributed by atoms with Gasteiger partial charge in [-0.05, 0) is 50.7 Å². The Hall–Kier alpha value is -2.00. The maximum Gasteiger partial charge on any atom is 0.322 e. The van der Waals surface area contributed by atoms with Crippen molar-refractivity contribution < 1.29 is 9.59 Å². The number of nitrogens with zero attached hydrogens (tertiary/aromatic N) is 3. The van der Waals surface area contributed by atoms with Crippen molar-refractivity contribution in [2.75, 3.05) is 18.4 Å². The maximum atomic E-state index is 13.3. The Labute approximate surface area is 183 Å². The van der Waals surface area contributed by atoms with Crippen molar-refractivity contribution in [1.29, 1.82) is 0 Å². The van der Waals surface area contributed by atoms with Crippen molar-refractivity contribution in [2.24, 2.45) is 4.99 Å². The van der Waals surface area contributed by atoms with Crippen molar-refractivity contribution in [3.8, 4) is 0 Å². The third-order valence-electron chi connectivity index (χ3n) is 7.32. The zero-order valence-electron chi connectivity index (χ0n) is 18.7. The van der Waals surface area contributed by atoms with Crippen LogP contribution in [0.3, 0.4) is 0 Å². The fraction of sp³-hybridized carbons (Fsp3) is 0.619. The average molecular weight is 446 g/mol. The Kier molecular flexibility index (Phi) is 4.97. The third-order valence-corrected chi connectivity index (χ3v) is 11.6. The van der Waals surface area contributed by atoms with Gasteiger partial charge in [0, 0.05) is 16.0 Å². The molecule has 3 heterocycles. The smallest absolute Gasteiger partial charge is 0.311 e. The van der Waals surface area contributed by atoms with E-state index in [2.05, 4.69) is 39.6 Å². The number of amidine groups is 1. The summed E-state index contributed by atoms with van der Waals surface area (Å²) < 4.78 is 4.23. The topological polar surface area (TPSA) is 86.7 Å². The summed E-state index contributed by atoms with van der Waals surface area (Å²) in [6.07, 6.45) is 3.07. The van der Waals surface area contributed by atoms with Gasteiger partial charge in [-0.25, -0.2) is 4.79 Å². The van der Waals surface area contributed by atoms with E-state index >= 15 is 0 Å². The first-order valence-corrected chi connectivity index (χ1v) is 14.9. The molecule has 0 radical (unpaired) electrons. The molecule has 1 aliphatic carbocycles. The molecule has 7 nitrogen and oxygen atoms in total. The van der Waals surface area contributed by atoms with Crippen molar-refractivity contribution in [3.05, 3.63) is 22.2 Å². The molecule has 4 rings (SSSR count). The van der Waals surface area contributed by atoms with Gasteiger partial charge < -0.3 is 15.5 Å². The minimum absolute atomic E-state index is 0.126. The van der Waals surface area contributed by atoms with Crippen LogP contribution in [0.4, 0.5) is 10.5 Å². The van der Waals surface area contributed by atoms with Gasteiger partial charge in [0.15, 0.2) is 0 Å². The number of rotatable bonds is 3. The molecule has 1 saturated carbocycles. The molecule has 3 aliphatic rings. The summed E-state index contributed by atoms with van der Waals surface area (Å²) in [6, 6.07) is -0.152. The van der Waals surface area contributed by atoms with E-state index in [9.17, 15) is 9.59 Å². The summed E-state index contributed by atoms with van der Waals surface area (Å²) in [4.78, 5) is 32.8. The van der Waals surface area contributed by atoms with Gasteiger partial charge in [0.25, 0.3) is 0 Å². The van der Waals surface area contributed by atoms with E-state index < -0.39 is 13.6 Å². The van der Waals surface area contributed by atoms with E-state index in [1.165, 1.54) is 11.5 Å². The highest BCUT2D eigenvalue weighted by Gasteiger charge is 2.54. The third kappa shape index (κ3) is 3.13. The Morgan fingerprint density at radius 3 is 2.43 bits per heavy atom. The number of aromatic nitrogens is 1. The maximum absolute atomic E-state index is 13.3. The molecule has 0 aromatic carbocycles. The Balaban J connectivity index is 1.50. The van der Waals surface area contributed by atoms with Crippen LogP contribution in [-0.2, 0) is 4.79 Å². The van der Waals surface area contributed by atoms with Crippen LogP contribution in [0.25, 0.3) is 0 Å². The number of aliphatic imine (C=N–C) groups is 1. The second-order valence-electron chi connectivity index (χ2n) is 10.2. The van der Waals surface area contributed by atoms with Gasteiger partial charge in [-0.2, -0.15) is 4.37 Å². The summed E-state index contributed by atoms with van der Waals surface area (Å²) in [5.74, 6) is 0.789. The molecule has 1 aromatic heterocycles. The molecular formula is C21H31N5O2SSi. The lowest BCUT2D eigenvalue weighted by atomic mass is 9.83. The standard InChI is InChI=1S/C21H31N5O2SSi/c1-13-16(12-29-25-13)23-19(28)26-11-14-15(20(26,2)3)10-22-17(14)24-18(27)21(8-7-9-21)30(4,5)6/h12H,7-11H2,1-6H3,(H,23,28)(H,22,24,27). The monoisotopic (exact) mass is 445 g/mol. The summed E-state index contributed by atoms with van der Waals surface area (Å²) in [5.41, 5.74) is 3.21. The molecule has 0 unspecified atom stereocenters. The second kappa shape index (κ2) is 7.02. The lowest BCUT2D eigenvalue weighted by Crippen LogP contribution is -2.55. The summed E-state index contributed by atoms with van der Waals surface area (Å²) in [6.45, 7) is 13.8. The molecule has 30 heavy (non-hydrogen) atoms. The van der Waals surface area contributed by atoms with Crippen LogP contribution in [0, 0.1) is 6.92 Å². The lowest BCUT2D eigenvalue weighted by molar-refractivity contribution is -0.125. The number of carbonyl (C=O) groups is 2. The number of hydrogen-bond acceptors (Lipinski definition) is 5. The SMILES string of the molecule is Cc1nscc1NC(=O)N1CC2=C(CN=C2NC(=O)C2([Si](C)(C)C)CCC2)C1(C)C. The van der Waals surface area contributed by atoms with E-state index in [1.807, 2.05) is 31.1 Å². The van der Waals surface area contributed by atoms with Crippen molar-refractivity contribution in [1.82, 2.24) is 14.6 Å². The molecule has 1 fully saturated rings. The lowest BCUT2D eigenvalue weighted by Gasteiger charge is -2.49. The fourth-order valence-electron chi connectivity index (χ4n) is 4.85. The second-order valence-corrected chi connectivity index (χ2v) is 16.2. The van der Waals surface area contributed by atoms with Gasteiger partial charge in [-0.3, -0.25) is 9.79 Å². The van der Waals surface area contributed by atoms with Crippen LogP contribution in [0.15, 0.2) is 21.5 Å². The highest BCUT2D eigenvalue weighted by Crippen LogP contribution is 2.55. The van der Waals surface area contributed by atoms with Gasteiger partial charge in [-0.15, -0.1) is 0 Å². The van der Waals surface area contributed by atoms with Crippen molar-refractivity contribution >= 4 is 43.1 Å². The van der Waals surface area contributed by atoms with Crippen molar-refractivity contribution in [2.45, 2.75) is 70.3 Å². The number of nitrogens with one attached hydrogen (secondary N) is 2. The molecule has 0 saturated heterocycles. The number of carbonyl (C=O) groups excluding carboxylic acids is 2. The van der Waals surface area contributed by atoms with E-state index in [4.69, 9.17) is 0 Å². The number of anilines is 1. The molecule has 0 spiro atoms. The molecular weight excluding hydrogens is 414 g/mol. The average Bonchev–Trinajstić information content (AvgIpc) is 3.23. The van der Waals surface area contributed by atoms with E-state index in [1.54, 1.807) is 0 Å². The van der Waals surface area contributed by atoms with E-state index in [0.717, 1.165) is 41.8 Å². The zero-order valence-corrected chi connectivity index (χ0v) is 20.5. The molecule has 0 bridgehead atoms. The Bertz CT molecular complexity index is 968. The first-order valence-electron chi connectivity index (χ1n) is 10.6. The van der Waals surface area contributed by atoms with Crippen LogP contribution in [0.1, 0.15) is 38.8 Å². The number of hydrogen-bond donors (Lipinski definition) is 2. The fourth-order valence-corrected chi connectivity index (χ4v) is 8.10. The minimum Gasteiger partial charge on any atom is -0.311 e. The van der Waals surface area contributed by atoms with Gasteiger partial charge in [0.2, 0.25) is 5.91 Å². The molecule has 3 amide bonds. The van der Waals surface area contributed by atoms with Crippen molar-refractivity contribution in [3.63, 3.8) is 0 Å². The first-order chi connectivity index (χ1) is 14.0. The van der Waals surface area contributed by atoms with Crippen LogP contribution < -0.4 is 10.6 Å².